The molecule has 1 N–H and O–H groups in total. The summed E-state index contributed by atoms with van der Waals surface area (Å²) >= 11 is 3.43. The van der Waals surface area contributed by atoms with Crippen LogP contribution in [0.4, 0.5) is 10.5 Å². The average Bonchev–Trinajstić information content (AvgIpc) is 2.87. The molecule has 35 heavy (non-hydrogen) atoms. The van der Waals surface area contributed by atoms with Crippen LogP contribution in [0.25, 0.3) is 0 Å². The van der Waals surface area contributed by atoms with Gasteiger partial charge in [-0.15, -0.1) is 0 Å². The second kappa shape index (κ2) is 11.8. The van der Waals surface area contributed by atoms with E-state index in [0.717, 1.165) is 34.0 Å². The van der Waals surface area contributed by atoms with Crippen molar-refractivity contribution in [3.63, 3.8) is 0 Å². The number of halogens is 1. The number of rotatable bonds is 9. The molecule has 1 aliphatic rings. The van der Waals surface area contributed by atoms with Gasteiger partial charge in [0.05, 0.1) is 0 Å². The number of amides is 3. The summed E-state index contributed by atoms with van der Waals surface area (Å²) in [5, 5.41) is 3.00. The second-order valence-corrected chi connectivity index (χ2v) is 9.58. The van der Waals surface area contributed by atoms with Gasteiger partial charge in [-0.05, 0) is 47.9 Å². The maximum Gasteiger partial charge on any atom is 0.324 e. The van der Waals surface area contributed by atoms with Gasteiger partial charge in [0.25, 0.3) is 5.91 Å². The van der Waals surface area contributed by atoms with Crippen LogP contribution in [-0.2, 0) is 17.8 Å². The molecular formula is C28H28BrN3O3. The molecule has 1 saturated heterocycles. The Bertz CT molecular complexity index is 1170. The zero-order valence-electron chi connectivity index (χ0n) is 19.4. The largest absolute Gasteiger partial charge is 0.352 e. The molecule has 1 fully saturated rings. The Hall–Kier alpha value is -3.45. The molecule has 0 saturated carbocycles. The summed E-state index contributed by atoms with van der Waals surface area (Å²) < 4.78 is 0.930. The van der Waals surface area contributed by atoms with Crippen LogP contribution < -0.4 is 10.2 Å². The standard InChI is InChI=1S/C28H28BrN3O3/c29-24-10-12-25(13-11-24)32-19-22(15-17-33)18-31(28(32)35)20-23-8-4-5-9-26(23)27(34)30-16-14-21-6-2-1-3-7-21/h1-13,17,22H,14-16,18-20H2,(H,30,34). The van der Waals surface area contributed by atoms with Crippen molar-refractivity contribution in [2.24, 2.45) is 5.92 Å². The van der Waals surface area contributed by atoms with Crippen molar-refractivity contribution in [3.8, 4) is 0 Å². The average molecular weight is 534 g/mol. The van der Waals surface area contributed by atoms with E-state index < -0.39 is 0 Å². The Kier molecular flexibility index (Phi) is 8.32. The Morgan fingerprint density at radius 3 is 2.43 bits per heavy atom. The number of nitrogens with one attached hydrogen (secondary N) is 1. The number of urea groups is 1. The van der Waals surface area contributed by atoms with Crippen LogP contribution in [-0.4, -0.2) is 42.8 Å². The molecule has 1 aliphatic heterocycles. The van der Waals surface area contributed by atoms with Gasteiger partial charge in [-0.2, -0.15) is 0 Å². The maximum atomic E-state index is 13.4. The molecule has 1 heterocycles. The third kappa shape index (κ3) is 6.36. The van der Waals surface area contributed by atoms with Crippen LogP contribution in [0.5, 0.6) is 0 Å². The van der Waals surface area contributed by atoms with Crippen molar-refractivity contribution < 1.29 is 14.4 Å². The van der Waals surface area contributed by atoms with Crippen molar-refractivity contribution in [1.29, 1.82) is 0 Å². The number of nitrogens with zero attached hydrogens (tertiary/aromatic N) is 2. The number of hydrogen-bond acceptors (Lipinski definition) is 3. The van der Waals surface area contributed by atoms with Crippen LogP contribution in [0.3, 0.4) is 0 Å². The fraction of sp³-hybridized carbons (Fsp3) is 0.250. The van der Waals surface area contributed by atoms with Crippen molar-refractivity contribution >= 4 is 39.8 Å². The molecule has 6 nitrogen and oxygen atoms in total. The molecule has 180 valence electrons. The summed E-state index contributed by atoms with van der Waals surface area (Å²) in [7, 11) is 0. The van der Waals surface area contributed by atoms with E-state index in [1.165, 1.54) is 0 Å². The highest BCUT2D eigenvalue weighted by molar-refractivity contribution is 9.10. The topological polar surface area (TPSA) is 69.7 Å². The number of benzene rings is 3. The first-order valence-electron chi connectivity index (χ1n) is 11.7. The molecule has 7 heteroatoms. The summed E-state index contributed by atoms with van der Waals surface area (Å²) in [6, 6.07) is 24.8. The minimum atomic E-state index is -0.157. The molecule has 1 atom stereocenters. The lowest BCUT2D eigenvalue weighted by Gasteiger charge is -2.40. The first kappa shape index (κ1) is 24.7. The van der Waals surface area contributed by atoms with Gasteiger partial charge in [0.1, 0.15) is 6.29 Å². The predicted molar refractivity (Wildman–Crippen MR) is 140 cm³/mol. The monoisotopic (exact) mass is 533 g/mol. The molecule has 0 spiro atoms. The highest BCUT2D eigenvalue weighted by Gasteiger charge is 2.33. The molecule has 0 bridgehead atoms. The normalized spacial score (nSPS) is 15.7. The van der Waals surface area contributed by atoms with Crippen LogP contribution >= 0.6 is 15.9 Å². The Morgan fingerprint density at radius 2 is 1.69 bits per heavy atom. The van der Waals surface area contributed by atoms with Gasteiger partial charge < -0.3 is 15.0 Å². The number of aldehydes is 1. The van der Waals surface area contributed by atoms with Crippen molar-refractivity contribution in [2.75, 3.05) is 24.5 Å². The number of carbonyl (C=O) groups is 3. The van der Waals surface area contributed by atoms with Gasteiger partial charge in [-0.3, -0.25) is 9.69 Å². The van der Waals surface area contributed by atoms with Crippen LogP contribution in [0.2, 0.25) is 0 Å². The smallest absolute Gasteiger partial charge is 0.324 e. The number of anilines is 1. The summed E-state index contributed by atoms with van der Waals surface area (Å²) in [4.78, 5) is 41.1. The summed E-state index contributed by atoms with van der Waals surface area (Å²) in [6.45, 7) is 1.77. The SMILES string of the molecule is O=CCC1CN(Cc2ccccc2C(=O)NCCc2ccccc2)C(=O)N(c2ccc(Br)cc2)C1. The molecule has 0 aliphatic carbocycles. The van der Waals surface area contributed by atoms with Crippen molar-refractivity contribution in [3.05, 3.63) is 100 Å². The maximum absolute atomic E-state index is 13.4. The highest BCUT2D eigenvalue weighted by atomic mass is 79.9. The van der Waals surface area contributed by atoms with E-state index >= 15 is 0 Å². The number of carbonyl (C=O) groups excluding carboxylic acids is 3. The van der Waals surface area contributed by atoms with E-state index in [1.54, 1.807) is 15.9 Å². The second-order valence-electron chi connectivity index (χ2n) is 8.67. The molecule has 4 rings (SSSR count). The van der Waals surface area contributed by atoms with E-state index in [9.17, 15) is 14.4 Å². The summed E-state index contributed by atoms with van der Waals surface area (Å²) in [6.07, 6.45) is 2.03. The fourth-order valence-corrected chi connectivity index (χ4v) is 4.62. The van der Waals surface area contributed by atoms with E-state index in [4.69, 9.17) is 0 Å². The Labute approximate surface area is 214 Å². The zero-order valence-corrected chi connectivity index (χ0v) is 21.0. The van der Waals surface area contributed by atoms with Gasteiger partial charge in [-0.25, -0.2) is 4.79 Å². The minimum absolute atomic E-state index is 0.0145. The van der Waals surface area contributed by atoms with Gasteiger partial charge in [0, 0.05) is 54.2 Å². The van der Waals surface area contributed by atoms with E-state index in [0.29, 0.717) is 38.2 Å². The minimum Gasteiger partial charge on any atom is -0.352 e. The van der Waals surface area contributed by atoms with Gasteiger partial charge in [-0.1, -0.05) is 64.5 Å². The molecule has 3 amide bonds. The van der Waals surface area contributed by atoms with Crippen LogP contribution in [0, 0.1) is 5.92 Å². The zero-order chi connectivity index (χ0) is 24.6. The molecule has 0 aromatic heterocycles. The fourth-order valence-electron chi connectivity index (χ4n) is 4.35. The molecular weight excluding hydrogens is 506 g/mol. The van der Waals surface area contributed by atoms with Crippen LogP contribution in [0.1, 0.15) is 27.9 Å². The third-order valence-electron chi connectivity index (χ3n) is 6.15. The Balaban J connectivity index is 1.48. The molecule has 3 aromatic carbocycles. The molecule has 1 unspecified atom stereocenters. The van der Waals surface area contributed by atoms with Gasteiger partial charge in [0.15, 0.2) is 0 Å². The Morgan fingerprint density at radius 1 is 0.971 bits per heavy atom. The van der Waals surface area contributed by atoms with Crippen LogP contribution in [0.15, 0.2) is 83.3 Å². The van der Waals surface area contributed by atoms with E-state index in [-0.39, 0.29) is 17.9 Å². The molecule has 3 aromatic rings. The summed E-state index contributed by atoms with van der Waals surface area (Å²) in [5.41, 5.74) is 3.28. The van der Waals surface area contributed by atoms with E-state index in [1.807, 2.05) is 72.8 Å². The van der Waals surface area contributed by atoms with Crippen molar-refractivity contribution in [2.45, 2.75) is 19.4 Å². The first-order chi connectivity index (χ1) is 17.0. The number of hydrogen-bond donors (Lipinski definition) is 1. The molecule has 0 radical (unpaired) electrons. The third-order valence-corrected chi connectivity index (χ3v) is 6.68. The van der Waals surface area contributed by atoms with Crippen molar-refractivity contribution in [1.82, 2.24) is 10.2 Å². The first-order valence-corrected chi connectivity index (χ1v) is 12.5. The van der Waals surface area contributed by atoms with Gasteiger partial charge in [0.2, 0.25) is 0 Å². The lowest BCUT2D eigenvalue weighted by molar-refractivity contribution is -0.108. The summed E-state index contributed by atoms with van der Waals surface area (Å²) in [5.74, 6) is -0.143. The predicted octanol–water partition coefficient (Wildman–Crippen LogP) is 5.07. The lowest BCUT2D eigenvalue weighted by Crippen LogP contribution is -2.53. The lowest BCUT2D eigenvalue weighted by atomic mass is 10.00. The quantitative estimate of drug-likeness (QED) is 0.390. The van der Waals surface area contributed by atoms with E-state index in [2.05, 4.69) is 21.2 Å². The van der Waals surface area contributed by atoms with Gasteiger partial charge >= 0.3 is 6.03 Å². The highest BCUT2D eigenvalue weighted by Crippen LogP contribution is 2.27.